The van der Waals surface area contributed by atoms with Crippen LogP contribution in [0.2, 0.25) is 0 Å². The van der Waals surface area contributed by atoms with Gasteiger partial charge in [-0.05, 0) is 87.1 Å². The molecule has 10 rings (SSSR count). The average molecular weight is 1030 g/mol. The van der Waals surface area contributed by atoms with E-state index in [1.165, 1.54) is 0 Å². The number of carbonyl (C=O) groups is 2. The van der Waals surface area contributed by atoms with Gasteiger partial charge < -0.3 is 53.4 Å². The molecule has 6 aliphatic carbocycles. The maximum atomic E-state index is 12.2. The van der Waals surface area contributed by atoms with E-state index in [0.29, 0.717) is 42.5 Å². The van der Waals surface area contributed by atoms with Crippen LogP contribution in [0.5, 0.6) is 23.7 Å². The van der Waals surface area contributed by atoms with Crippen LogP contribution in [0.4, 0.5) is 26.3 Å². The van der Waals surface area contributed by atoms with Gasteiger partial charge in [-0.3, -0.25) is 4.79 Å². The number of amides is 1. The van der Waals surface area contributed by atoms with Crippen LogP contribution in [0.3, 0.4) is 0 Å². The molecule has 0 spiro atoms. The highest BCUT2D eigenvalue weighted by molar-refractivity contribution is 9.10. The van der Waals surface area contributed by atoms with Crippen molar-refractivity contribution in [2.45, 2.75) is 72.8 Å². The number of nitrogens with two attached hydrogens (primary N) is 1. The summed E-state index contributed by atoms with van der Waals surface area (Å²) in [5.41, 5.74) is 5.19. The largest absolute Gasteiger partial charge is 0.484 e. The fourth-order valence-electron chi connectivity index (χ4n) is 7.64. The van der Waals surface area contributed by atoms with Gasteiger partial charge in [0, 0.05) is 20.0 Å². The first-order valence-electron chi connectivity index (χ1n) is 19.0. The molecule has 0 saturated heterocycles. The van der Waals surface area contributed by atoms with Crippen molar-refractivity contribution in [3.63, 3.8) is 0 Å². The third-order valence-corrected chi connectivity index (χ3v) is 11.1. The molecule has 6 aliphatic rings. The lowest BCUT2D eigenvalue weighted by Crippen LogP contribution is -2.77. The quantitative estimate of drug-likeness (QED) is 0.0699. The van der Waals surface area contributed by atoms with E-state index in [4.69, 9.17) is 38.6 Å². The van der Waals surface area contributed by atoms with Crippen molar-refractivity contribution in [3.8, 4) is 23.7 Å². The molecule has 2 heterocycles. The predicted octanol–water partition coefficient (Wildman–Crippen LogP) is 6.23. The van der Waals surface area contributed by atoms with Gasteiger partial charge in [-0.1, -0.05) is 42.1 Å². The van der Waals surface area contributed by atoms with Crippen LogP contribution in [-0.4, -0.2) is 114 Å². The Kier molecular flexibility index (Phi) is 14.8. The number of carboxylic acids is 1. The van der Waals surface area contributed by atoms with E-state index in [-0.39, 0.29) is 79.6 Å². The maximum absolute atomic E-state index is 12.2. The van der Waals surface area contributed by atoms with Crippen LogP contribution in [0.15, 0.2) is 66.3 Å². The van der Waals surface area contributed by atoms with Crippen molar-refractivity contribution in [2.75, 3.05) is 52.9 Å². The number of ether oxygens (including phenoxy) is 6. The minimum Gasteiger partial charge on any atom is -0.484 e. The van der Waals surface area contributed by atoms with Crippen LogP contribution in [0.1, 0.15) is 50.3 Å². The third-order valence-electron chi connectivity index (χ3n) is 10.0. The van der Waals surface area contributed by atoms with Crippen molar-refractivity contribution in [2.24, 2.45) is 5.73 Å². The Labute approximate surface area is 370 Å². The fourth-order valence-corrected chi connectivity index (χ4v) is 8.17. The number of aliphatic carboxylic acids is 1. The predicted molar refractivity (Wildman–Crippen MR) is 209 cm³/mol. The first kappa shape index (κ1) is 47.8. The minimum atomic E-state index is -4.38. The Morgan fingerprint density at radius 2 is 1.06 bits per heavy atom. The Morgan fingerprint density at radius 3 is 1.46 bits per heavy atom. The first-order chi connectivity index (χ1) is 29.7. The molecule has 0 unspecified atom stereocenters. The van der Waals surface area contributed by atoms with Crippen molar-refractivity contribution in [1.29, 1.82) is 0 Å². The summed E-state index contributed by atoms with van der Waals surface area (Å²) in [5.74, 6) is 0.884. The molecule has 0 radical (unpaired) electrons. The second-order valence-corrected chi connectivity index (χ2v) is 17.3. The van der Waals surface area contributed by atoms with E-state index in [2.05, 4.69) is 67.0 Å². The highest BCUT2D eigenvalue weighted by Gasteiger charge is 2.72. The zero-order chi connectivity index (χ0) is 45.5. The average Bonchev–Trinajstić information content (AvgIpc) is 3.83. The second-order valence-electron chi connectivity index (χ2n) is 15.5. The van der Waals surface area contributed by atoms with Crippen LogP contribution in [-0.2, 0) is 29.9 Å². The van der Waals surface area contributed by atoms with Crippen molar-refractivity contribution in [3.05, 3.63) is 69.3 Å². The van der Waals surface area contributed by atoms with Gasteiger partial charge in [0.1, 0.15) is 37.9 Å². The molecule has 4 N–H and O–H groups in total. The number of aromatic nitrogens is 4. The van der Waals surface area contributed by atoms with Gasteiger partial charge in [0.05, 0.1) is 24.0 Å². The van der Waals surface area contributed by atoms with Crippen LogP contribution in [0.25, 0.3) is 0 Å². The molecule has 63 heavy (non-hydrogen) atoms. The number of nitrogens with one attached hydrogen (secondary N) is 1. The van der Waals surface area contributed by atoms with Crippen molar-refractivity contribution in [1.82, 2.24) is 25.7 Å². The van der Waals surface area contributed by atoms with E-state index in [1.807, 2.05) is 12.1 Å². The van der Waals surface area contributed by atoms with Gasteiger partial charge in [0.2, 0.25) is 11.8 Å². The standard InChI is InChI=1S/C19H19BrF3N3O5.C11H14F3N3O3.C8H7BrO3/c20-12-1-3-13(4-2-12)30-7-14(27)24-18-8-17(9-18,10-18)15-25-26-16(31-15)29-6-5-28-11-19(21,22)23;12-11(13,14)6-18-1-2-19-8-17-16-7(20-8)9-3-10(15,4-9)5-9;9-6-1-3-7(4-2-6)12-5-8(10)11/h1-4H,5-11H2,(H,24,27);1-6,15H2;1-4H,5H2,(H,10,11). The summed E-state index contributed by atoms with van der Waals surface area (Å²) in [7, 11) is 0. The molecule has 344 valence electrons. The van der Waals surface area contributed by atoms with Gasteiger partial charge in [0.25, 0.3) is 5.91 Å². The topological polar surface area (TPSA) is 226 Å². The number of carboxylic acid groups (broad SMARTS) is 1. The van der Waals surface area contributed by atoms with E-state index in [9.17, 15) is 35.9 Å². The fraction of sp³-hybridized carbons (Fsp3) is 0.526. The van der Waals surface area contributed by atoms with Crippen LogP contribution in [0, 0.1) is 0 Å². The Bertz CT molecular complexity index is 2120. The van der Waals surface area contributed by atoms with Crippen LogP contribution >= 0.6 is 31.9 Å². The summed E-state index contributed by atoms with van der Waals surface area (Å²) in [6.07, 6.45) is -4.38. The van der Waals surface area contributed by atoms with Gasteiger partial charge in [-0.2, -0.15) is 26.3 Å². The molecule has 0 aliphatic heterocycles. The number of rotatable bonds is 19. The Morgan fingerprint density at radius 1 is 0.651 bits per heavy atom. The lowest BCUT2D eigenvalue weighted by atomic mass is 9.39. The van der Waals surface area contributed by atoms with E-state index in [0.717, 1.165) is 28.2 Å². The first-order valence-corrected chi connectivity index (χ1v) is 20.6. The van der Waals surface area contributed by atoms with Gasteiger partial charge in [-0.15, -0.1) is 10.2 Å². The zero-order valence-electron chi connectivity index (χ0n) is 32.9. The maximum Gasteiger partial charge on any atom is 0.414 e. The number of hydrogen-bond donors (Lipinski definition) is 3. The number of hydrogen-bond acceptors (Lipinski definition) is 15. The van der Waals surface area contributed by atoms with Gasteiger partial charge >= 0.3 is 30.5 Å². The highest BCUT2D eigenvalue weighted by Crippen LogP contribution is 2.68. The number of halogens is 8. The minimum absolute atomic E-state index is 0.0496. The molecule has 2 aromatic heterocycles. The zero-order valence-corrected chi connectivity index (χ0v) is 36.1. The molecular formula is C38H40Br2F6N6O11. The van der Waals surface area contributed by atoms with Crippen molar-refractivity contribution >= 4 is 43.7 Å². The highest BCUT2D eigenvalue weighted by atomic mass is 79.9. The Hall–Kier alpha value is -4.72. The molecular weight excluding hydrogens is 990 g/mol. The second kappa shape index (κ2) is 19.6. The lowest BCUT2D eigenvalue weighted by Gasteiger charge is -2.68. The number of benzene rings is 2. The molecule has 4 aromatic rings. The van der Waals surface area contributed by atoms with E-state index < -0.39 is 31.5 Å². The molecule has 6 fully saturated rings. The molecule has 1 amide bonds. The summed E-state index contributed by atoms with van der Waals surface area (Å²) in [5, 5.41) is 26.6. The molecule has 0 atom stereocenters. The summed E-state index contributed by atoms with van der Waals surface area (Å²) >= 11 is 6.59. The van der Waals surface area contributed by atoms with Gasteiger partial charge in [0.15, 0.2) is 13.2 Å². The monoisotopic (exact) mass is 1030 g/mol. The van der Waals surface area contributed by atoms with E-state index >= 15 is 0 Å². The Balaban J connectivity index is 0.000000176. The van der Waals surface area contributed by atoms with Crippen LogP contribution < -0.4 is 30.0 Å². The molecule has 2 aromatic carbocycles. The summed E-state index contributed by atoms with van der Waals surface area (Å²) in [6.45, 7) is -3.68. The third kappa shape index (κ3) is 13.4. The molecule has 4 bridgehead atoms. The number of carbonyl (C=O) groups excluding carboxylic acids is 1. The lowest BCUT2D eigenvalue weighted by molar-refractivity contribution is -0.175. The summed E-state index contributed by atoms with van der Waals surface area (Å²) < 4.78 is 113. The smallest absolute Gasteiger partial charge is 0.414 e. The normalized spacial score (nSPS) is 23.7. The summed E-state index contributed by atoms with van der Waals surface area (Å²) in [4.78, 5) is 22.3. The summed E-state index contributed by atoms with van der Waals surface area (Å²) in [6, 6.07) is 14.2. The van der Waals surface area contributed by atoms with E-state index in [1.54, 1.807) is 36.4 Å². The van der Waals surface area contributed by atoms with Crippen molar-refractivity contribution < 1.29 is 78.3 Å². The molecule has 6 saturated carbocycles. The number of nitrogens with zero attached hydrogens (tertiary/aromatic N) is 4. The molecule has 25 heteroatoms. The molecule has 17 nitrogen and oxygen atoms in total. The van der Waals surface area contributed by atoms with Gasteiger partial charge in [-0.25, -0.2) is 4.79 Å². The SMILES string of the molecule is NC12CC(c3nnc(OCCOCC(F)(F)F)o3)(C1)C2.O=C(COc1ccc(Br)cc1)NC12CC(c3nnc(OCCOCC(F)(F)F)o3)(C1)C2.O=C(O)COc1ccc(Br)cc1. The number of alkyl halides is 6.